The minimum atomic E-state index is -3.84. The van der Waals surface area contributed by atoms with E-state index in [1.807, 2.05) is 47.2 Å². The number of rotatable bonds is 3. The van der Waals surface area contributed by atoms with Gasteiger partial charge >= 0.3 is 0 Å². The highest BCUT2D eigenvalue weighted by Crippen LogP contribution is 2.36. The summed E-state index contributed by atoms with van der Waals surface area (Å²) in [5.41, 5.74) is 2.96. The van der Waals surface area contributed by atoms with Crippen molar-refractivity contribution in [2.75, 3.05) is 0 Å². The van der Waals surface area contributed by atoms with E-state index in [4.69, 9.17) is 15.1 Å². The number of fused-ring (bicyclic) bond motifs is 2. The second-order valence-corrected chi connectivity index (χ2v) is 9.66. The third-order valence-electron chi connectivity index (χ3n) is 4.44. The first-order valence-corrected chi connectivity index (χ1v) is 11.7. The number of aromatic nitrogens is 2. The Balaban J connectivity index is 1.87. The SMILES string of the molecule is NS(=O)(=O)c1cccc2cc3nc(-c4cccs4)c(-c4cccs4)nc3cc12. The van der Waals surface area contributed by atoms with Crippen molar-refractivity contribution in [2.24, 2.45) is 5.14 Å². The highest BCUT2D eigenvalue weighted by molar-refractivity contribution is 7.89. The number of nitrogens with zero attached hydrogens (tertiary/aromatic N) is 2. The van der Waals surface area contributed by atoms with E-state index in [2.05, 4.69) is 0 Å². The van der Waals surface area contributed by atoms with Gasteiger partial charge in [-0.3, -0.25) is 0 Å². The van der Waals surface area contributed by atoms with Crippen molar-refractivity contribution in [2.45, 2.75) is 4.90 Å². The van der Waals surface area contributed by atoms with Gasteiger partial charge in [-0.1, -0.05) is 24.3 Å². The fourth-order valence-electron chi connectivity index (χ4n) is 3.22. The Labute approximate surface area is 169 Å². The summed E-state index contributed by atoms with van der Waals surface area (Å²) in [4.78, 5) is 11.9. The molecule has 0 aliphatic heterocycles. The molecular formula is C20H13N3O2S3. The summed E-state index contributed by atoms with van der Waals surface area (Å²) in [7, 11) is -3.84. The van der Waals surface area contributed by atoms with Crippen molar-refractivity contribution in [3.8, 4) is 21.1 Å². The minimum Gasteiger partial charge on any atom is -0.243 e. The van der Waals surface area contributed by atoms with E-state index in [1.165, 1.54) is 6.07 Å². The number of thiophene rings is 2. The molecule has 28 heavy (non-hydrogen) atoms. The Morgan fingerprint density at radius 2 is 1.39 bits per heavy atom. The Kier molecular flexibility index (Phi) is 4.02. The van der Waals surface area contributed by atoms with Crippen molar-refractivity contribution in [3.63, 3.8) is 0 Å². The first-order valence-electron chi connectivity index (χ1n) is 8.36. The van der Waals surface area contributed by atoms with Crippen molar-refractivity contribution in [1.29, 1.82) is 0 Å². The van der Waals surface area contributed by atoms with Crippen LogP contribution in [0.3, 0.4) is 0 Å². The molecule has 5 aromatic rings. The normalized spacial score (nSPS) is 12.0. The molecule has 0 fully saturated rings. The molecule has 2 N–H and O–H groups in total. The first-order chi connectivity index (χ1) is 13.5. The molecule has 0 unspecified atom stereocenters. The number of hydrogen-bond donors (Lipinski definition) is 1. The number of primary sulfonamides is 1. The zero-order chi connectivity index (χ0) is 19.3. The van der Waals surface area contributed by atoms with E-state index in [1.54, 1.807) is 34.8 Å². The van der Waals surface area contributed by atoms with Crippen molar-refractivity contribution in [1.82, 2.24) is 9.97 Å². The Morgan fingerprint density at radius 1 is 0.786 bits per heavy atom. The standard InChI is InChI=1S/C20H13N3O2S3/c21-28(24,25)18-7-1-4-12-10-14-15(11-13(12)18)23-20(17-6-3-9-27-17)19(22-14)16-5-2-8-26-16/h1-11H,(H2,21,24,25). The highest BCUT2D eigenvalue weighted by atomic mass is 32.2. The summed E-state index contributed by atoms with van der Waals surface area (Å²) in [5, 5.41) is 10.7. The molecule has 3 heterocycles. The smallest absolute Gasteiger partial charge is 0.238 e. The largest absolute Gasteiger partial charge is 0.243 e. The predicted molar refractivity (Wildman–Crippen MR) is 115 cm³/mol. The van der Waals surface area contributed by atoms with Gasteiger partial charge in [-0.2, -0.15) is 0 Å². The topological polar surface area (TPSA) is 85.9 Å². The molecule has 0 saturated heterocycles. The molecule has 0 aliphatic carbocycles. The van der Waals surface area contributed by atoms with E-state index in [0.29, 0.717) is 16.4 Å². The zero-order valence-electron chi connectivity index (χ0n) is 14.4. The van der Waals surface area contributed by atoms with Gasteiger partial charge in [0, 0.05) is 5.39 Å². The third kappa shape index (κ3) is 2.91. The maximum Gasteiger partial charge on any atom is 0.238 e. The van der Waals surface area contributed by atoms with Crippen molar-refractivity contribution in [3.05, 3.63) is 65.4 Å². The Morgan fingerprint density at radius 3 is 1.93 bits per heavy atom. The van der Waals surface area contributed by atoms with Gasteiger partial charge in [0.2, 0.25) is 10.0 Å². The molecule has 8 heteroatoms. The van der Waals surface area contributed by atoms with Crippen LogP contribution < -0.4 is 5.14 Å². The van der Waals surface area contributed by atoms with E-state index in [0.717, 1.165) is 26.5 Å². The average molecular weight is 424 g/mol. The average Bonchev–Trinajstić information content (AvgIpc) is 3.37. The lowest BCUT2D eigenvalue weighted by Crippen LogP contribution is -2.12. The molecule has 138 valence electrons. The van der Waals surface area contributed by atoms with Crippen molar-refractivity contribution < 1.29 is 8.42 Å². The van der Waals surface area contributed by atoms with Crippen LogP contribution in [0.2, 0.25) is 0 Å². The molecule has 2 aromatic carbocycles. The molecule has 5 rings (SSSR count). The Bertz CT molecular complexity index is 1430. The molecule has 0 radical (unpaired) electrons. The maximum atomic E-state index is 12.0. The second kappa shape index (κ2) is 6.46. The molecular weight excluding hydrogens is 410 g/mol. The van der Waals surface area contributed by atoms with Gasteiger partial charge < -0.3 is 0 Å². The number of nitrogens with two attached hydrogens (primary N) is 1. The number of hydrogen-bond acceptors (Lipinski definition) is 6. The summed E-state index contributed by atoms with van der Waals surface area (Å²) >= 11 is 3.21. The van der Waals surface area contributed by atoms with Gasteiger partial charge in [-0.15, -0.1) is 22.7 Å². The molecule has 0 saturated carbocycles. The molecule has 3 aromatic heterocycles. The van der Waals surface area contributed by atoms with E-state index in [9.17, 15) is 8.42 Å². The van der Waals surface area contributed by atoms with Crippen LogP contribution in [0.25, 0.3) is 42.9 Å². The van der Waals surface area contributed by atoms with Gasteiger partial charge in [-0.25, -0.2) is 23.5 Å². The molecule has 0 bridgehead atoms. The number of sulfonamides is 1. The predicted octanol–water partition coefficient (Wildman–Crippen LogP) is 4.89. The fourth-order valence-corrected chi connectivity index (χ4v) is 5.40. The highest BCUT2D eigenvalue weighted by Gasteiger charge is 2.17. The summed E-state index contributed by atoms with van der Waals surface area (Å²) in [6.45, 7) is 0. The number of benzene rings is 2. The van der Waals surface area contributed by atoms with Crippen molar-refractivity contribution >= 4 is 54.5 Å². The summed E-state index contributed by atoms with van der Waals surface area (Å²) in [5.74, 6) is 0. The zero-order valence-corrected chi connectivity index (χ0v) is 16.8. The van der Waals surface area contributed by atoms with Crippen LogP contribution in [0.4, 0.5) is 0 Å². The third-order valence-corrected chi connectivity index (χ3v) is 7.16. The van der Waals surface area contributed by atoms with Crippen LogP contribution in [0.15, 0.2) is 70.3 Å². The molecule has 0 spiro atoms. The lowest BCUT2D eigenvalue weighted by atomic mass is 10.1. The van der Waals surface area contributed by atoms with E-state index < -0.39 is 10.0 Å². The van der Waals surface area contributed by atoms with Crippen LogP contribution in [0.1, 0.15) is 0 Å². The lowest BCUT2D eigenvalue weighted by molar-refractivity contribution is 0.598. The second-order valence-electron chi connectivity index (χ2n) is 6.24. The van der Waals surface area contributed by atoms with Gasteiger partial charge in [-0.05, 0) is 46.5 Å². The van der Waals surface area contributed by atoms with Crippen LogP contribution in [0.5, 0.6) is 0 Å². The summed E-state index contributed by atoms with van der Waals surface area (Å²) in [6.07, 6.45) is 0. The van der Waals surface area contributed by atoms with Crippen LogP contribution in [-0.2, 0) is 10.0 Å². The first kappa shape index (κ1) is 17.4. The van der Waals surface area contributed by atoms with Gasteiger partial charge in [0.25, 0.3) is 0 Å². The lowest BCUT2D eigenvalue weighted by Gasteiger charge is -2.10. The van der Waals surface area contributed by atoms with Gasteiger partial charge in [0.15, 0.2) is 0 Å². The molecule has 5 nitrogen and oxygen atoms in total. The van der Waals surface area contributed by atoms with E-state index >= 15 is 0 Å². The van der Waals surface area contributed by atoms with E-state index in [-0.39, 0.29) is 4.90 Å². The molecule has 0 atom stereocenters. The Hall–Kier alpha value is -2.65. The minimum absolute atomic E-state index is 0.0914. The molecule has 0 amide bonds. The van der Waals surface area contributed by atoms with Crippen LogP contribution >= 0.6 is 22.7 Å². The summed E-state index contributed by atoms with van der Waals surface area (Å²) < 4.78 is 24.0. The van der Waals surface area contributed by atoms with Crippen LogP contribution in [-0.4, -0.2) is 18.4 Å². The van der Waals surface area contributed by atoms with Gasteiger partial charge in [0.1, 0.15) is 11.4 Å². The van der Waals surface area contributed by atoms with Crippen LogP contribution in [0, 0.1) is 0 Å². The monoisotopic (exact) mass is 423 g/mol. The van der Waals surface area contributed by atoms with Gasteiger partial charge in [0.05, 0.1) is 25.7 Å². The summed E-state index contributed by atoms with van der Waals surface area (Å²) in [6, 6.07) is 16.7. The maximum absolute atomic E-state index is 12.0. The molecule has 0 aliphatic rings. The quantitative estimate of drug-likeness (QED) is 0.419. The fraction of sp³-hybridized carbons (Fsp3) is 0.